The van der Waals surface area contributed by atoms with Gasteiger partial charge >= 0.3 is 0 Å². The van der Waals surface area contributed by atoms with Crippen molar-refractivity contribution >= 4 is 11.8 Å². The third-order valence-corrected chi connectivity index (χ3v) is 6.40. The summed E-state index contributed by atoms with van der Waals surface area (Å²) in [6.45, 7) is 5.86. The van der Waals surface area contributed by atoms with E-state index in [0.717, 1.165) is 44.3 Å². The normalized spacial score (nSPS) is 18.1. The second-order valence-electron chi connectivity index (χ2n) is 9.16. The summed E-state index contributed by atoms with van der Waals surface area (Å²) in [5.41, 5.74) is 1.13. The van der Waals surface area contributed by atoms with Crippen LogP contribution < -0.4 is 0 Å². The predicted molar refractivity (Wildman–Crippen MR) is 112 cm³/mol. The molecule has 2 aliphatic carbocycles. The number of amides is 2. The Morgan fingerprint density at radius 3 is 2.36 bits per heavy atom. The van der Waals surface area contributed by atoms with Crippen molar-refractivity contribution in [3.63, 3.8) is 0 Å². The zero-order valence-corrected chi connectivity index (χ0v) is 17.9. The standard InChI is InChI=1S/C23H37N3O2/c1-18(2)15-25(16-21-13-8-14-24(21)3)22(27)17-26(20-11-5-4-6-12-20)23(28)19-9-7-10-19/h8,13-14,18-20H,4-7,9-12,15-17H2,1-3H3. The van der Waals surface area contributed by atoms with E-state index in [2.05, 4.69) is 24.5 Å². The van der Waals surface area contributed by atoms with Gasteiger partial charge in [-0.2, -0.15) is 0 Å². The third kappa shape index (κ3) is 5.18. The molecule has 0 atom stereocenters. The minimum absolute atomic E-state index is 0.0909. The van der Waals surface area contributed by atoms with Gasteiger partial charge in [0.05, 0.1) is 6.54 Å². The molecule has 2 saturated carbocycles. The summed E-state index contributed by atoms with van der Waals surface area (Å²) in [7, 11) is 2.02. The van der Waals surface area contributed by atoms with E-state index < -0.39 is 0 Å². The molecule has 1 aromatic heterocycles. The lowest BCUT2D eigenvalue weighted by Gasteiger charge is -2.39. The molecule has 28 heavy (non-hydrogen) atoms. The quantitative estimate of drug-likeness (QED) is 0.677. The molecule has 5 heteroatoms. The molecule has 0 bridgehead atoms. The highest BCUT2D eigenvalue weighted by molar-refractivity contribution is 5.86. The fourth-order valence-electron chi connectivity index (χ4n) is 4.47. The van der Waals surface area contributed by atoms with Crippen molar-refractivity contribution in [3.8, 4) is 0 Å². The van der Waals surface area contributed by atoms with Crippen LogP contribution in [0.4, 0.5) is 0 Å². The van der Waals surface area contributed by atoms with Crippen molar-refractivity contribution in [2.45, 2.75) is 77.8 Å². The molecule has 0 N–H and O–H groups in total. The van der Waals surface area contributed by atoms with Crippen molar-refractivity contribution in [2.75, 3.05) is 13.1 Å². The van der Waals surface area contributed by atoms with Crippen LogP contribution in [0.15, 0.2) is 18.3 Å². The molecule has 5 nitrogen and oxygen atoms in total. The number of carbonyl (C=O) groups excluding carboxylic acids is 2. The van der Waals surface area contributed by atoms with Crippen LogP contribution in [0.3, 0.4) is 0 Å². The first-order valence-corrected chi connectivity index (χ1v) is 11.1. The highest BCUT2D eigenvalue weighted by Gasteiger charge is 2.35. The predicted octanol–water partition coefficient (Wildman–Crippen LogP) is 3.97. The molecule has 0 radical (unpaired) electrons. The van der Waals surface area contributed by atoms with Crippen molar-refractivity contribution in [1.82, 2.24) is 14.4 Å². The lowest BCUT2D eigenvalue weighted by Crippen LogP contribution is -2.51. The summed E-state index contributed by atoms with van der Waals surface area (Å²) in [6, 6.07) is 4.34. The summed E-state index contributed by atoms with van der Waals surface area (Å²) in [6.07, 6.45) is 10.9. The fourth-order valence-corrected chi connectivity index (χ4v) is 4.47. The van der Waals surface area contributed by atoms with Gasteiger partial charge in [0.1, 0.15) is 6.54 Å². The van der Waals surface area contributed by atoms with Crippen LogP contribution in [-0.4, -0.2) is 45.3 Å². The summed E-state index contributed by atoms with van der Waals surface area (Å²) >= 11 is 0. The number of rotatable bonds is 8. The number of aryl methyl sites for hydroxylation is 1. The first-order chi connectivity index (χ1) is 13.5. The highest BCUT2D eigenvalue weighted by atomic mass is 16.2. The van der Waals surface area contributed by atoms with E-state index in [0.29, 0.717) is 12.5 Å². The van der Waals surface area contributed by atoms with E-state index in [1.807, 2.05) is 29.1 Å². The minimum Gasteiger partial charge on any atom is -0.353 e. The minimum atomic E-state index is 0.0909. The maximum Gasteiger partial charge on any atom is 0.242 e. The first kappa shape index (κ1) is 20.9. The van der Waals surface area contributed by atoms with Gasteiger partial charge in [0.15, 0.2) is 0 Å². The Hall–Kier alpha value is -1.78. The zero-order valence-electron chi connectivity index (χ0n) is 17.9. The average Bonchev–Trinajstić information content (AvgIpc) is 3.02. The monoisotopic (exact) mass is 387 g/mol. The van der Waals surface area contributed by atoms with Gasteiger partial charge in [-0.1, -0.05) is 39.5 Å². The van der Waals surface area contributed by atoms with Gasteiger partial charge < -0.3 is 14.4 Å². The van der Waals surface area contributed by atoms with E-state index in [9.17, 15) is 9.59 Å². The third-order valence-electron chi connectivity index (χ3n) is 6.40. The van der Waals surface area contributed by atoms with E-state index in [-0.39, 0.29) is 30.3 Å². The van der Waals surface area contributed by atoms with Crippen LogP contribution in [-0.2, 0) is 23.2 Å². The van der Waals surface area contributed by atoms with E-state index in [4.69, 9.17) is 0 Å². The molecule has 0 aliphatic heterocycles. The molecular weight excluding hydrogens is 350 g/mol. The van der Waals surface area contributed by atoms with Crippen molar-refractivity contribution < 1.29 is 9.59 Å². The smallest absolute Gasteiger partial charge is 0.242 e. The van der Waals surface area contributed by atoms with Gasteiger partial charge in [-0.05, 0) is 43.7 Å². The molecule has 1 heterocycles. The van der Waals surface area contributed by atoms with Gasteiger partial charge in [0.2, 0.25) is 11.8 Å². The SMILES string of the molecule is CC(C)CN(Cc1cccn1C)C(=O)CN(C(=O)C1CCC1)C1CCCCC1. The van der Waals surface area contributed by atoms with E-state index in [1.165, 1.54) is 19.3 Å². The maximum atomic E-state index is 13.3. The number of hydrogen-bond acceptors (Lipinski definition) is 2. The Balaban J connectivity index is 1.72. The molecule has 0 aromatic carbocycles. The van der Waals surface area contributed by atoms with Crippen LogP contribution in [0.25, 0.3) is 0 Å². The molecule has 2 aliphatic rings. The van der Waals surface area contributed by atoms with Crippen molar-refractivity contribution in [3.05, 3.63) is 24.0 Å². The zero-order chi connectivity index (χ0) is 20.1. The number of hydrogen-bond donors (Lipinski definition) is 0. The lowest BCUT2D eigenvalue weighted by atomic mass is 9.83. The second-order valence-corrected chi connectivity index (χ2v) is 9.16. The average molecular weight is 388 g/mol. The van der Waals surface area contributed by atoms with Gasteiger partial charge in [-0.25, -0.2) is 0 Å². The number of nitrogens with zero attached hydrogens (tertiary/aromatic N) is 3. The Morgan fingerprint density at radius 1 is 1.11 bits per heavy atom. The molecule has 2 fully saturated rings. The first-order valence-electron chi connectivity index (χ1n) is 11.1. The molecule has 2 amide bonds. The highest BCUT2D eigenvalue weighted by Crippen LogP contribution is 2.31. The Bertz CT molecular complexity index is 657. The van der Waals surface area contributed by atoms with Crippen LogP contribution >= 0.6 is 0 Å². The summed E-state index contributed by atoms with van der Waals surface area (Å²) < 4.78 is 2.07. The largest absolute Gasteiger partial charge is 0.353 e. The van der Waals surface area contributed by atoms with Gasteiger partial charge in [0.25, 0.3) is 0 Å². The fraction of sp³-hybridized carbons (Fsp3) is 0.739. The van der Waals surface area contributed by atoms with Crippen molar-refractivity contribution in [1.29, 1.82) is 0 Å². The van der Waals surface area contributed by atoms with E-state index in [1.54, 1.807) is 0 Å². The molecule has 1 aromatic rings. The Labute approximate surface area is 170 Å². The number of aromatic nitrogens is 1. The molecule has 156 valence electrons. The van der Waals surface area contributed by atoms with Gasteiger partial charge in [0, 0.05) is 37.4 Å². The van der Waals surface area contributed by atoms with Gasteiger partial charge in [-0.3, -0.25) is 9.59 Å². The van der Waals surface area contributed by atoms with Crippen LogP contribution in [0.2, 0.25) is 0 Å². The van der Waals surface area contributed by atoms with Crippen LogP contribution in [0, 0.1) is 11.8 Å². The second kappa shape index (κ2) is 9.62. The summed E-state index contributed by atoms with van der Waals surface area (Å²) in [5.74, 6) is 0.874. The van der Waals surface area contributed by atoms with E-state index >= 15 is 0 Å². The topological polar surface area (TPSA) is 45.6 Å². The Morgan fingerprint density at radius 2 is 1.82 bits per heavy atom. The summed E-state index contributed by atoms with van der Waals surface area (Å²) in [4.78, 5) is 30.4. The molecule has 0 unspecified atom stereocenters. The molecule has 0 saturated heterocycles. The van der Waals surface area contributed by atoms with Crippen LogP contribution in [0.5, 0.6) is 0 Å². The molecule has 3 rings (SSSR count). The molecular formula is C23H37N3O2. The maximum absolute atomic E-state index is 13.3. The Kier molecular flexibility index (Phi) is 7.19. The van der Waals surface area contributed by atoms with Crippen LogP contribution in [0.1, 0.15) is 70.9 Å². The lowest BCUT2D eigenvalue weighted by molar-refractivity contribution is -0.148. The van der Waals surface area contributed by atoms with Gasteiger partial charge in [-0.15, -0.1) is 0 Å². The van der Waals surface area contributed by atoms with Crippen molar-refractivity contribution in [2.24, 2.45) is 18.9 Å². The molecule has 0 spiro atoms. The number of carbonyl (C=O) groups is 2. The summed E-state index contributed by atoms with van der Waals surface area (Å²) in [5, 5.41) is 0.